The number of hydrogen-bond acceptors (Lipinski definition) is 4. The summed E-state index contributed by atoms with van der Waals surface area (Å²) in [7, 11) is 0. The van der Waals surface area contributed by atoms with Crippen LogP contribution >= 0.6 is 11.3 Å². The first-order valence-corrected chi connectivity index (χ1v) is 5.98. The fourth-order valence-corrected chi connectivity index (χ4v) is 2.14. The maximum absolute atomic E-state index is 13.4. The molecule has 2 aromatic rings. The molecule has 0 aliphatic heterocycles. The molecule has 3 nitrogen and oxygen atoms in total. The second-order valence-corrected chi connectivity index (χ2v) is 4.56. The summed E-state index contributed by atoms with van der Waals surface area (Å²) >= 11 is 1.31. The summed E-state index contributed by atoms with van der Waals surface area (Å²) in [6.45, 7) is 1.79. The zero-order valence-corrected chi connectivity index (χ0v) is 10.00. The summed E-state index contributed by atoms with van der Waals surface area (Å²) in [5.41, 5.74) is 5.94. The Morgan fingerprint density at radius 3 is 2.76 bits per heavy atom. The Hall–Kier alpha value is -1.59. The molecule has 0 amide bonds. The first-order valence-electron chi connectivity index (χ1n) is 5.10. The van der Waals surface area contributed by atoms with Crippen molar-refractivity contribution in [2.24, 2.45) is 5.73 Å². The number of nitrogens with zero attached hydrogens (tertiary/aromatic N) is 1. The molecule has 1 aromatic carbocycles. The van der Waals surface area contributed by atoms with E-state index in [0.717, 1.165) is 0 Å². The molecule has 0 fully saturated rings. The molecule has 0 spiro atoms. The third kappa shape index (κ3) is 2.40. The van der Waals surface area contributed by atoms with Crippen LogP contribution < -0.4 is 5.73 Å². The highest BCUT2D eigenvalue weighted by Gasteiger charge is 2.17. The lowest BCUT2D eigenvalue weighted by atomic mass is 10.1. The van der Waals surface area contributed by atoms with Gasteiger partial charge in [0.2, 0.25) is 5.78 Å². The summed E-state index contributed by atoms with van der Waals surface area (Å²) in [4.78, 5) is 16.1. The van der Waals surface area contributed by atoms with E-state index < -0.39 is 11.6 Å². The van der Waals surface area contributed by atoms with Crippen LogP contribution in [0.4, 0.5) is 4.39 Å². The highest BCUT2D eigenvalue weighted by Crippen LogP contribution is 2.19. The monoisotopic (exact) mass is 250 g/mol. The van der Waals surface area contributed by atoms with E-state index in [1.807, 2.05) is 0 Å². The van der Waals surface area contributed by atoms with Crippen LogP contribution in [0.25, 0.3) is 0 Å². The molecule has 2 N–H and O–H groups in total. The lowest BCUT2D eigenvalue weighted by Gasteiger charge is -1.99. The number of rotatable bonds is 3. The van der Waals surface area contributed by atoms with Crippen molar-refractivity contribution in [3.05, 3.63) is 51.7 Å². The summed E-state index contributed by atoms with van der Waals surface area (Å²) < 4.78 is 13.4. The molecular weight excluding hydrogens is 239 g/mol. The predicted molar refractivity (Wildman–Crippen MR) is 64.5 cm³/mol. The zero-order chi connectivity index (χ0) is 12.4. The van der Waals surface area contributed by atoms with Crippen molar-refractivity contribution in [2.45, 2.75) is 13.0 Å². The van der Waals surface area contributed by atoms with E-state index in [0.29, 0.717) is 5.01 Å². The molecule has 0 aliphatic rings. The molecule has 2 rings (SSSR count). The number of thiazole rings is 1. The zero-order valence-electron chi connectivity index (χ0n) is 9.18. The molecule has 1 unspecified atom stereocenters. The lowest BCUT2D eigenvalue weighted by Crippen LogP contribution is -2.07. The molecule has 0 saturated heterocycles. The average molecular weight is 250 g/mol. The number of benzene rings is 1. The van der Waals surface area contributed by atoms with Crippen LogP contribution in [0.15, 0.2) is 29.6 Å². The standard InChI is InChI=1S/C12H11FN2OS/c1-7(14)12-15-10(6-17-12)11(16)8-4-2-3-5-9(8)13/h2-7H,14H2,1H3. The van der Waals surface area contributed by atoms with Crippen LogP contribution in [0.3, 0.4) is 0 Å². The number of halogens is 1. The summed E-state index contributed by atoms with van der Waals surface area (Å²) in [5, 5.41) is 2.28. The van der Waals surface area contributed by atoms with Gasteiger partial charge in [0, 0.05) is 5.38 Å². The fourth-order valence-electron chi connectivity index (χ4n) is 1.38. The maximum Gasteiger partial charge on any atom is 0.215 e. The van der Waals surface area contributed by atoms with Crippen LogP contribution in [0.1, 0.15) is 34.0 Å². The minimum absolute atomic E-state index is 0.0361. The van der Waals surface area contributed by atoms with Crippen molar-refractivity contribution < 1.29 is 9.18 Å². The van der Waals surface area contributed by atoms with Gasteiger partial charge in [-0.25, -0.2) is 9.37 Å². The molecule has 0 aliphatic carbocycles. The number of carbonyl (C=O) groups excluding carboxylic acids is 1. The highest BCUT2D eigenvalue weighted by molar-refractivity contribution is 7.09. The van der Waals surface area contributed by atoms with Crippen LogP contribution in [0, 0.1) is 5.82 Å². The minimum atomic E-state index is -0.534. The van der Waals surface area contributed by atoms with Gasteiger partial charge < -0.3 is 5.73 Å². The van der Waals surface area contributed by atoms with Gasteiger partial charge in [-0.3, -0.25) is 4.79 Å². The van der Waals surface area contributed by atoms with Gasteiger partial charge in [-0.05, 0) is 19.1 Å². The van der Waals surface area contributed by atoms with Crippen molar-refractivity contribution in [3.8, 4) is 0 Å². The predicted octanol–water partition coefficient (Wildman–Crippen LogP) is 2.53. The van der Waals surface area contributed by atoms with Gasteiger partial charge in [-0.15, -0.1) is 11.3 Å². The van der Waals surface area contributed by atoms with Gasteiger partial charge in [0.1, 0.15) is 16.5 Å². The third-order valence-corrected chi connectivity index (χ3v) is 3.31. The third-order valence-electron chi connectivity index (χ3n) is 2.26. The molecule has 0 bridgehead atoms. The summed E-state index contributed by atoms with van der Waals surface area (Å²) in [6.07, 6.45) is 0. The van der Waals surface area contributed by atoms with E-state index in [-0.39, 0.29) is 17.3 Å². The van der Waals surface area contributed by atoms with Gasteiger partial charge in [0.05, 0.1) is 11.6 Å². The van der Waals surface area contributed by atoms with Crippen LogP contribution in [0.2, 0.25) is 0 Å². The Morgan fingerprint density at radius 1 is 1.47 bits per heavy atom. The fraction of sp³-hybridized carbons (Fsp3) is 0.167. The number of aromatic nitrogens is 1. The molecule has 1 aromatic heterocycles. The molecule has 1 heterocycles. The van der Waals surface area contributed by atoms with E-state index in [9.17, 15) is 9.18 Å². The Kier molecular flexibility index (Phi) is 3.31. The quantitative estimate of drug-likeness (QED) is 0.852. The largest absolute Gasteiger partial charge is 0.322 e. The van der Waals surface area contributed by atoms with Crippen molar-refractivity contribution >= 4 is 17.1 Å². The Bertz CT molecular complexity index is 551. The summed E-state index contributed by atoms with van der Waals surface area (Å²) in [5.74, 6) is -0.945. The van der Waals surface area contributed by atoms with Gasteiger partial charge in [-0.1, -0.05) is 12.1 Å². The molecular formula is C12H11FN2OS. The van der Waals surface area contributed by atoms with Gasteiger partial charge in [0.15, 0.2) is 0 Å². The first kappa shape index (κ1) is 11.9. The van der Waals surface area contributed by atoms with E-state index in [4.69, 9.17) is 5.73 Å². The average Bonchev–Trinajstić information content (AvgIpc) is 2.78. The molecule has 17 heavy (non-hydrogen) atoms. The van der Waals surface area contributed by atoms with E-state index in [2.05, 4.69) is 4.98 Å². The SMILES string of the molecule is CC(N)c1nc(C(=O)c2ccccc2F)cs1. The molecule has 0 radical (unpaired) electrons. The van der Waals surface area contributed by atoms with Crippen LogP contribution in [-0.2, 0) is 0 Å². The number of hydrogen-bond donors (Lipinski definition) is 1. The topological polar surface area (TPSA) is 56.0 Å². The molecule has 5 heteroatoms. The van der Waals surface area contributed by atoms with Crippen molar-refractivity contribution in [1.82, 2.24) is 4.98 Å². The van der Waals surface area contributed by atoms with Crippen molar-refractivity contribution in [1.29, 1.82) is 0 Å². The number of nitrogens with two attached hydrogens (primary N) is 1. The molecule has 88 valence electrons. The molecule has 1 atom stereocenters. The first-order chi connectivity index (χ1) is 8.09. The Balaban J connectivity index is 2.34. The normalized spacial score (nSPS) is 12.4. The van der Waals surface area contributed by atoms with Crippen LogP contribution in [-0.4, -0.2) is 10.8 Å². The second kappa shape index (κ2) is 4.73. The van der Waals surface area contributed by atoms with Crippen molar-refractivity contribution in [2.75, 3.05) is 0 Å². The van der Waals surface area contributed by atoms with E-state index in [1.54, 1.807) is 24.4 Å². The Labute approximate surface area is 102 Å². The highest BCUT2D eigenvalue weighted by atomic mass is 32.1. The summed E-state index contributed by atoms with van der Waals surface area (Å²) in [6, 6.07) is 5.65. The molecule has 0 saturated carbocycles. The lowest BCUT2D eigenvalue weighted by molar-refractivity contribution is 0.103. The van der Waals surface area contributed by atoms with Crippen molar-refractivity contribution in [3.63, 3.8) is 0 Å². The number of ketones is 1. The second-order valence-electron chi connectivity index (χ2n) is 3.67. The number of carbonyl (C=O) groups is 1. The smallest absolute Gasteiger partial charge is 0.215 e. The van der Waals surface area contributed by atoms with Gasteiger partial charge >= 0.3 is 0 Å². The Morgan fingerprint density at radius 2 is 2.18 bits per heavy atom. The minimum Gasteiger partial charge on any atom is -0.322 e. The van der Waals surface area contributed by atoms with E-state index in [1.165, 1.54) is 23.5 Å². The van der Waals surface area contributed by atoms with Gasteiger partial charge in [0.25, 0.3) is 0 Å². The van der Waals surface area contributed by atoms with Gasteiger partial charge in [-0.2, -0.15) is 0 Å². The van der Waals surface area contributed by atoms with Crippen LogP contribution in [0.5, 0.6) is 0 Å². The maximum atomic E-state index is 13.4. The van der Waals surface area contributed by atoms with E-state index >= 15 is 0 Å².